The van der Waals surface area contributed by atoms with Crippen LogP contribution in [0.3, 0.4) is 0 Å². The first-order valence-corrected chi connectivity index (χ1v) is 5.73. The number of rotatable bonds is 2. The Morgan fingerprint density at radius 2 is 1.67 bits per heavy atom. The molecule has 3 heteroatoms. The lowest BCUT2D eigenvalue weighted by Crippen LogP contribution is -1.93. The molecular weight excluding hydrogens is 224 g/mol. The summed E-state index contributed by atoms with van der Waals surface area (Å²) in [7, 11) is 0. The van der Waals surface area contributed by atoms with Gasteiger partial charge in [0.2, 0.25) is 0 Å². The van der Waals surface area contributed by atoms with E-state index < -0.39 is 0 Å². The van der Waals surface area contributed by atoms with Gasteiger partial charge in [0.1, 0.15) is 11.6 Å². The predicted molar refractivity (Wildman–Crippen MR) is 73.1 cm³/mol. The molecule has 0 atom stereocenters. The molecule has 0 aliphatic heterocycles. The molecule has 88 valence electrons. The predicted octanol–water partition coefficient (Wildman–Crippen LogP) is 3.68. The number of hydrogen-bond donors (Lipinski definition) is 2. The minimum Gasteiger partial charge on any atom is -0.508 e. The van der Waals surface area contributed by atoms with Crippen molar-refractivity contribution in [2.24, 2.45) is 0 Å². The van der Waals surface area contributed by atoms with Gasteiger partial charge in [0.25, 0.3) is 0 Å². The summed E-state index contributed by atoms with van der Waals surface area (Å²) >= 11 is 0. The van der Waals surface area contributed by atoms with Gasteiger partial charge in [-0.05, 0) is 35.7 Å². The summed E-state index contributed by atoms with van der Waals surface area (Å²) in [6.45, 7) is 0. The van der Waals surface area contributed by atoms with Crippen LogP contribution in [0.15, 0.2) is 60.8 Å². The lowest BCUT2D eigenvalue weighted by molar-refractivity contribution is 0.475. The standard InChI is InChI=1S/C15H12N2O/c18-13-7-5-12(6-8-13)17-15-14-4-2-1-3-11(14)9-10-16-15/h1-10,18H,(H,16,17). The number of nitrogens with zero attached hydrogens (tertiary/aromatic N) is 1. The fraction of sp³-hybridized carbons (Fsp3) is 0. The van der Waals surface area contributed by atoms with Gasteiger partial charge in [-0.2, -0.15) is 0 Å². The molecule has 0 spiro atoms. The van der Waals surface area contributed by atoms with Crippen LogP contribution >= 0.6 is 0 Å². The SMILES string of the molecule is Oc1ccc(Nc2nccc3ccccc23)cc1. The molecule has 1 aromatic heterocycles. The maximum Gasteiger partial charge on any atom is 0.138 e. The Bertz CT molecular complexity index is 672. The van der Waals surface area contributed by atoms with Crippen molar-refractivity contribution in [2.75, 3.05) is 5.32 Å². The van der Waals surface area contributed by atoms with Gasteiger partial charge in [-0.3, -0.25) is 0 Å². The quantitative estimate of drug-likeness (QED) is 0.667. The first kappa shape index (κ1) is 10.6. The van der Waals surface area contributed by atoms with E-state index in [0.717, 1.165) is 22.3 Å². The van der Waals surface area contributed by atoms with Crippen molar-refractivity contribution in [2.45, 2.75) is 0 Å². The molecule has 3 rings (SSSR count). The van der Waals surface area contributed by atoms with Crippen LogP contribution in [0.4, 0.5) is 11.5 Å². The average molecular weight is 236 g/mol. The van der Waals surface area contributed by atoms with Crippen molar-refractivity contribution in [1.82, 2.24) is 4.98 Å². The van der Waals surface area contributed by atoms with Crippen molar-refractivity contribution in [3.05, 3.63) is 60.8 Å². The summed E-state index contributed by atoms with van der Waals surface area (Å²) in [6, 6.07) is 17.0. The first-order valence-electron chi connectivity index (χ1n) is 5.73. The van der Waals surface area contributed by atoms with E-state index in [1.807, 2.05) is 36.4 Å². The Labute approximate surface area is 105 Å². The number of aromatic nitrogens is 1. The fourth-order valence-electron chi connectivity index (χ4n) is 1.90. The van der Waals surface area contributed by atoms with E-state index in [0.29, 0.717) is 0 Å². The molecule has 0 saturated carbocycles. The van der Waals surface area contributed by atoms with E-state index >= 15 is 0 Å². The number of fused-ring (bicyclic) bond motifs is 1. The van der Waals surface area contributed by atoms with Gasteiger partial charge in [-0.25, -0.2) is 4.98 Å². The molecule has 0 saturated heterocycles. The second-order valence-corrected chi connectivity index (χ2v) is 4.05. The molecule has 0 radical (unpaired) electrons. The van der Waals surface area contributed by atoms with Crippen molar-refractivity contribution in [3.63, 3.8) is 0 Å². The van der Waals surface area contributed by atoms with Crippen LogP contribution in [-0.4, -0.2) is 10.1 Å². The maximum absolute atomic E-state index is 9.25. The minimum atomic E-state index is 0.256. The summed E-state index contributed by atoms with van der Waals surface area (Å²) < 4.78 is 0. The summed E-state index contributed by atoms with van der Waals surface area (Å²) in [5.74, 6) is 1.07. The molecular formula is C15H12N2O. The van der Waals surface area contributed by atoms with Gasteiger partial charge in [-0.1, -0.05) is 24.3 Å². The van der Waals surface area contributed by atoms with Crippen molar-refractivity contribution in [1.29, 1.82) is 0 Å². The third-order valence-electron chi connectivity index (χ3n) is 2.80. The van der Waals surface area contributed by atoms with E-state index in [1.54, 1.807) is 18.3 Å². The van der Waals surface area contributed by atoms with Crippen molar-refractivity contribution >= 4 is 22.3 Å². The van der Waals surface area contributed by atoms with Crippen LogP contribution in [0.2, 0.25) is 0 Å². The van der Waals surface area contributed by atoms with Gasteiger partial charge in [0.15, 0.2) is 0 Å². The van der Waals surface area contributed by atoms with Gasteiger partial charge < -0.3 is 10.4 Å². The van der Waals surface area contributed by atoms with Crippen LogP contribution in [-0.2, 0) is 0 Å². The number of benzene rings is 2. The highest BCUT2D eigenvalue weighted by atomic mass is 16.3. The molecule has 3 nitrogen and oxygen atoms in total. The monoisotopic (exact) mass is 236 g/mol. The van der Waals surface area contributed by atoms with Gasteiger partial charge in [-0.15, -0.1) is 0 Å². The summed E-state index contributed by atoms with van der Waals surface area (Å²) in [4.78, 5) is 4.35. The highest BCUT2D eigenvalue weighted by Crippen LogP contribution is 2.24. The highest BCUT2D eigenvalue weighted by molar-refractivity contribution is 5.93. The Balaban J connectivity index is 2.02. The number of phenolic OH excluding ortho intramolecular Hbond substituents is 1. The largest absolute Gasteiger partial charge is 0.508 e. The Morgan fingerprint density at radius 3 is 2.50 bits per heavy atom. The normalized spacial score (nSPS) is 10.4. The van der Waals surface area contributed by atoms with E-state index in [-0.39, 0.29) is 5.75 Å². The highest BCUT2D eigenvalue weighted by Gasteiger charge is 2.01. The topological polar surface area (TPSA) is 45.1 Å². The second kappa shape index (κ2) is 4.37. The van der Waals surface area contributed by atoms with Crippen LogP contribution in [0.25, 0.3) is 10.8 Å². The molecule has 2 N–H and O–H groups in total. The lowest BCUT2D eigenvalue weighted by Gasteiger charge is -2.08. The molecule has 18 heavy (non-hydrogen) atoms. The third-order valence-corrected chi connectivity index (χ3v) is 2.80. The summed E-state index contributed by atoms with van der Waals surface area (Å²) in [6.07, 6.45) is 1.78. The molecule has 0 amide bonds. The van der Waals surface area contributed by atoms with E-state index in [1.165, 1.54) is 0 Å². The number of nitrogens with one attached hydrogen (secondary N) is 1. The van der Waals surface area contributed by atoms with Gasteiger partial charge in [0.05, 0.1) is 0 Å². The van der Waals surface area contributed by atoms with Crippen LogP contribution < -0.4 is 5.32 Å². The van der Waals surface area contributed by atoms with Crippen LogP contribution in [0.5, 0.6) is 5.75 Å². The minimum absolute atomic E-state index is 0.256. The van der Waals surface area contributed by atoms with Crippen molar-refractivity contribution in [3.8, 4) is 5.75 Å². The molecule has 0 aliphatic rings. The van der Waals surface area contributed by atoms with Gasteiger partial charge >= 0.3 is 0 Å². The maximum atomic E-state index is 9.25. The Morgan fingerprint density at radius 1 is 0.889 bits per heavy atom. The molecule has 0 aliphatic carbocycles. The van der Waals surface area contributed by atoms with E-state index in [9.17, 15) is 5.11 Å². The average Bonchev–Trinajstić information content (AvgIpc) is 2.42. The van der Waals surface area contributed by atoms with Crippen LogP contribution in [0, 0.1) is 0 Å². The van der Waals surface area contributed by atoms with E-state index in [4.69, 9.17) is 0 Å². The number of anilines is 2. The Kier molecular flexibility index (Phi) is 2.57. The molecule has 2 aromatic carbocycles. The summed E-state index contributed by atoms with van der Waals surface area (Å²) in [5.41, 5.74) is 0.900. The number of pyridine rings is 1. The molecule has 0 bridgehead atoms. The lowest BCUT2D eigenvalue weighted by atomic mass is 10.1. The molecule has 1 heterocycles. The van der Waals surface area contributed by atoms with Crippen LogP contribution in [0.1, 0.15) is 0 Å². The zero-order chi connectivity index (χ0) is 12.4. The molecule has 0 unspecified atom stereocenters. The number of aromatic hydroxyl groups is 1. The first-order chi connectivity index (χ1) is 8.83. The smallest absolute Gasteiger partial charge is 0.138 e. The second-order valence-electron chi connectivity index (χ2n) is 4.05. The molecule has 0 fully saturated rings. The Hall–Kier alpha value is -2.55. The molecule has 3 aromatic rings. The zero-order valence-corrected chi connectivity index (χ0v) is 9.67. The van der Waals surface area contributed by atoms with E-state index in [2.05, 4.69) is 16.4 Å². The third kappa shape index (κ3) is 1.98. The fourth-order valence-corrected chi connectivity index (χ4v) is 1.90. The number of phenols is 1. The zero-order valence-electron chi connectivity index (χ0n) is 9.67. The van der Waals surface area contributed by atoms with Crippen molar-refractivity contribution < 1.29 is 5.11 Å². The van der Waals surface area contributed by atoms with Gasteiger partial charge in [0, 0.05) is 17.3 Å². The summed E-state index contributed by atoms with van der Waals surface area (Å²) in [5, 5.41) is 14.7. The number of hydrogen-bond acceptors (Lipinski definition) is 3.